The molecule has 24 heavy (non-hydrogen) atoms. The number of carbonyl (C=O) groups is 1. The van der Waals surface area contributed by atoms with Gasteiger partial charge >= 0.3 is 0 Å². The second kappa shape index (κ2) is 8.85. The maximum absolute atomic E-state index is 12.3. The van der Waals surface area contributed by atoms with Crippen molar-refractivity contribution in [3.8, 4) is 5.75 Å². The Hall–Kier alpha value is -1.85. The first kappa shape index (κ1) is 18.5. The molecule has 0 saturated carbocycles. The fraction of sp³-hybridized carbons (Fsp3) is 0.316. The molecule has 4 nitrogen and oxygen atoms in total. The van der Waals surface area contributed by atoms with Gasteiger partial charge in [0, 0.05) is 22.3 Å². The Bertz CT molecular complexity index is 704. The number of likely N-dealkylation sites (N-methyl/N-ethyl adjacent to an activating group) is 1. The number of halogens is 1. The van der Waals surface area contributed by atoms with E-state index < -0.39 is 0 Å². The summed E-state index contributed by atoms with van der Waals surface area (Å²) < 4.78 is 6.64. The number of benzene rings is 2. The van der Waals surface area contributed by atoms with Crippen LogP contribution in [0.25, 0.3) is 0 Å². The van der Waals surface area contributed by atoms with Crippen LogP contribution >= 0.6 is 15.9 Å². The smallest absolute Gasteiger partial charge is 0.238 e. The minimum absolute atomic E-state index is 0.0307. The Balaban J connectivity index is 1.94. The summed E-state index contributed by atoms with van der Waals surface area (Å²) in [5, 5.41) is 2.96. The maximum atomic E-state index is 12.3. The number of hydrogen-bond donors (Lipinski definition) is 1. The van der Waals surface area contributed by atoms with Crippen LogP contribution in [0.3, 0.4) is 0 Å². The second-order valence-corrected chi connectivity index (χ2v) is 6.64. The van der Waals surface area contributed by atoms with Crippen LogP contribution in [0.4, 0.5) is 5.69 Å². The first-order valence-electron chi connectivity index (χ1n) is 7.95. The van der Waals surface area contributed by atoms with Crippen LogP contribution in [0.15, 0.2) is 46.9 Å². The molecule has 0 aromatic heterocycles. The number of para-hydroxylation sites is 1. The van der Waals surface area contributed by atoms with E-state index in [1.807, 2.05) is 68.3 Å². The van der Waals surface area contributed by atoms with Gasteiger partial charge in [-0.15, -0.1) is 0 Å². The third-order valence-corrected chi connectivity index (χ3v) is 4.08. The molecular weight excluding hydrogens is 368 g/mol. The third-order valence-electron chi connectivity index (χ3n) is 3.59. The van der Waals surface area contributed by atoms with Gasteiger partial charge in [0.05, 0.1) is 13.2 Å². The summed E-state index contributed by atoms with van der Waals surface area (Å²) in [4.78, 5) is 14.2. The van der Waals surface area contributed by atoms with Crippen LogP contribution in [0.2, 0.25) is 0 Å². The highest BCUT2D eigenvalue weighted by Crippen LogP contribution is 2.21. The van der Waals surface area contributed by atoms with E-state index in [1.54, 1.807) is 0 Å². The number of anilines is 1. The molecule has 0 bridgehead atoms. The zero-order valence-electron chi connectivity index (χ0n) is 14.3. The van der Waals surface area contributed by atoms with E-state index in [1.165, 1.54) is 0 Å². The third kappa shape index (κ3) is 5.35. The van der Waals surface area contributed by atoms with Gasteiger partial charge in [-0.25, -0.2) is 0 Å². The molecule has 2 rings (SSSR count). The highest BCUT2D eigenvalue weighted by Gasteiger charge is 2.11. The van der Waals surface area contributed by atoms with Crippen molar-refractivity contribution in [2.45, 2.75) is 20.4 Å². The Labute approximate surface area is 151 Å². The standard InChI is InChI=1S/C19H23BrN2O2/c1-4-24-18-8-6-5-7-15(18)12-22(3)13-19(23)21-17-10-9-16(20)11-14(17)2/h5-11H,4,12-13H2,1-3H3,(H,21,23). The van der Waals surface area contributed by atoms with Gasteiger partial charge in [0.15, 0.2) is 0 Å². The van der Waals surface area contributed by atoms with E-state index in [0.717, 1.165) is 27.0 Å². The van der Waals surface area contributed by atoms with Crippen LogP contribution < -0.4 is 10.1 Å². The van der Waals surface area contributed by atoms with Crippen molar-refractivity contribution in [3.05, 3.63) is 58.1 Å². The predicted molar refractivity (Wildman–Crippen MR) is 101 cm³/mol. The molecule has 0 unspecified atom stereocenters. The molecule has 0 saturated heterocycles. The van der Waals surface area contributed by atoms with Crippen molar-refractivity contribution in [1.29, 1.82) is 0 Å². The summed E-state index contributed by atoms with van der Waals surface area (Å²) in [5.41, 5.74) is 2.95. The number of nitrogens with one attached hydrogen (secondary N) is 1. The quantitative estimate of drug-likeness (QED) is 0.768. The molecule has 128 valence electrons. The lowest BCUT2D eigenvalue weighted by atomic mass is 10.2. The van der Waals surface area contributed by atoms with Crippen molar-refractivity contribution >= 4 is 27.5 Å². The lowest BCUT2D eigenvalue weighted by Crippen LogP contribution is -2.30. The minimum Gasteiger partial charge on any atom is -0.494 e. The molecule has 0 aliphatic carbocycles. The number of carbonyl (C=O) groups excluding carboxylic acids is 1. The second-order valence-electron chi connectivity index (χ2n) is 5.72. The Morgan fingerprint density at radius 2 is 2.00 bits per heavy atom. The average Bonchev–Trinajstić information content (AvgIpc) is 2.52. The number of nitrogens with zero attached hydrogens (tertiary/aromatic N) is 1. The molecule has 5 heteroatoms. The van der Waals surface area contributed by atoms with Gasteiger partial charge in [-0.3, -0.25) is 9.69 Å². The molecule has 0 spiro atoms. The number of aryl methyl sites for hydroxylation is 1. The number of amides is 1. The summed E-state index contributed by atoms with van der Waals surface area (Å²) in [6, 6.07) is 13.7. The van der Waals surface area contributed by atoms with Crippen molar-refractivity contribution in [3.63, 3.8) is 0 Å². The highest BCUT2D eigenvalue weighted by molar-refractivity contribution is 9.10. The highest BCUT2D eigenvalue weighted by atomic mass is 79.9. The van der Waals surface area contributed by atoms with Gasteiger partial charge in [-0.2, -0.15) is 0 Å². The van der Waals surface area contributed by atoms with E-state index in [0.29, 0.717) is 19.7 Å². The summed E-state index contributed by atoms with van der Waals surface area (Å²) in [6.07, 6.45) is 0. The SMILES string of the molecule is CCOc1ccccc1CN(C)CC(=O)Nc1ccc(Br)cc1C. The topological polar surface area (TPSA) is 41.6 Å². The van der Waals surface area contributed by atoms with Crippen LogP contribution in [0, 0.1) is 6.92 Å². The predicted octanol–water partition coefficient (Wildman–Crippen LogP) is 4.23. The van der Waals surface area contributed by atoms with Crippen LogP contribution in [0.1, 0.15) is 18.1 Å². The zero-order valence-corrected chi connectivity index (χ0v) is 15.9. The van der Waals surface area contributed by atoms with Crippen molar-refractivity contribution in [1.82, 2.24) is 4.90 Å². The van der Waals surface area contributed by atoms with Crippen molar-refractivity contribution in [2.24, 2.45) is 0 Å². The summed E-state index contributed by atoms with van der Waals surface area (Å²) in [5.74, 6) is 0.841. The molecule has 0 aliphatic heterocycles. The van der Waals surface area contributed by atoms with Crippen molar-refractivity contribution < 1.29 is 9.53 Å². The fourth-order valence-corrected chi connectivity index (χ4v) is 2.96. The Kier molecular flexibility index (Phi) is 6.82. The fourth-order valence-electron chi connectivity index (χ4n) is 2.48. The first-order valence-corrected chi connectivity index (χ1v) is 8.74. The van der Waals surface area contributed by atoms with Gasteiger partial charge in [0.1, 0.15) is 5.75 Å². The molecule has 2 aromatic rings. The Morgan fingerprint density at radius 3 is 2.71 bits per heavy atom. The van der Waals surface area contributed by atoms with E-state index >= 15 is 0 Å². The van der Waals surface area contributed by atoms with Crippen molar-refractivity contribution in [2.75, 3.05) is 25.5 Å². The molecule has 1 N–H and O–H groups in total. The maximum Gasteiger partial charge on any atom is 0.238 e. The van der Waals surface area contributed by atoms with E-state index in [2.05, 4.69) is 21.2 Å². The number of rotatable bonds is 7. The average molecular weight is 391 g/mol. The molecule has 0 fully saturated rings. The minimum atomic E-state index is -0.0307. The zero-order chi connectivity index (χ0) is 17.5. The number of ether oxygens (including phenoxy) is 1. The lowest BCUT2D eigenvalue weighted by molar-refractivity contribution is -0.117. The van der Waals surface area contributed by atoms with Gasteiger partial charge in [0.25, 0.3) is 0 Å². The van der Waals surface area contributed by atoms with Crippen LogP contribution in [-0.2, 0) is 11.3 Å². The van der Waals surface area contributed by atoms with E-state index in [9.17, 15) is 4.79 Å². The first-order chi connectivity index (χ1) is 11.5. The largest absolute Gasteiger partial charge is 0.494 e. The summed E-state index contributed by atoms with van der Waals surface area (Å²) >= 11 is 3.43. The van der Waals surface area contributed by atoms with Gasteiger partial charge in [-0.1, -0.05) is 34.1 Å². The van der Waals surface area contributed by atoms with E-state index in [4.69, 9.17) is 4.74 Å². The molecular formula is C19H23BrN2O2. The molecule has 2 aromatic carbocycles. The van der Waals surface area contributed by atoms with Crippen LogP contribution in [0.5, 0.6) is 5.75 Å². The normalized spacial score (nSPS) is 10.7. The van der Waals surface area contributed by atoms with Gasteiger partial charge < -0.3 is 10.1 Å². The van der Waals surface area contributed by atoms with Gasteiger partial charge in [0.2, 0.25) is 5.91 Å². The molecule has 0 radical (unpaired) electrons. The monoisotopic (exact) mass is 390 g/mol. The molecule has 0 atom stereocenters. The summed E-state index contributed by atoms with van der Waals surface area (Å²) in [6.45, 7) is 5.54. The Morgan fingerprint density at radius 1 is 1.25 bits per heavy atom. The lowest BCUT2D eigenvalue weighted by Gasteiger charge is -2.19. The molecule has 1 amide bonds. The molecule has 0 aliphatic rings. The van der Waals surface area contributed by atoms with E-state index in [-0.39, 0.29) is 5.91 Å². The molecule has 0 heterocycles. The van der Waals surface area contributed by atoms with Gasteiger partial charge in [-0.05, 0) is 50.7 Å². The summed E-state index contributed by atoms with van der Waals surface area (Å²) in [7, 11) is 1.93. The van der Waals surface area contributed by atoms with Crippen LogP contribution in [-0.4, -0.2) is 31.0 Å². The number of hydrogen-bond acceptors (Lipinski definition) is 3.